The van der Waals surface area contributed by atoms with Crippen LogP contribution in [0.4, 0.5) is 4.39 Å². The van der Waals surface area contributed by atoms with Crippen molar-refractivity contribution >= 4 is 11.8 Å². The van der Waals surface area contributed by atoms with E-state index in [1.54, 1.807) is 25.3 Å². The third-order valence-corrected chi connectivity index (χ3v) is 5.23. The van der Waals surface area contributed by atoms with Crippen LogP contribution < -0.4 is 10.6 Å². The van der Waals surface area contributed by atoms with E-state index in [4.69, 9.17) is 15.0 Å². The Morgan fingerprint density at radius 3 is 2.55 bits per heavy atom. The maximum atomic E-state index is 14.0. The molecule has 0 spiro atoms. The van der Waals surface area contributed by atoms with Gasteiger partial charge in [0.25, 0.3) is 0 Å². The molecule has 1 atom stereocenters. The molecule has 0 saturated carbocycles. The Hall–Kier alpha value is -3.40. The van der Waals surface area contributed by atoms with Crippen molar-refractivity contribution in [3.63, 3.8) is 0 Å². The summed E-state index contributed by atoms with van der Waals surface area (Å²) in [6.07, 6.45) is 0. The van der Waals surface area contributed by atoms with Crippen LogP contribution in [-0.4, -0.2) is 32.2 Å². The molecule has 148 valence electrons. The molecule has 0 unspecified atom stereocenters. The van der Waals surface area contributed by atoms with Gasteiger partial charge in [-0.3, -0.25) is 0 Å². The van der Waals surface area contributed by atoms with Crippen molar-refractivity contribution in [3.8, 4) is 28.6 Å². The molecule has 2 aromatic carbocycles. The van der Waals surface area contributed by atoms with E-state index in [9.17, 15) is 4.39 Å². The number of ether oxygens (including phenoxy) is 1. The summed E-state index contributed by atoms with van der Waals surface area (Å²) >= 11 is 1.28. The van der Waals surface area contributed by atoms with Crippen molar-refractivity contribution in [1.82, 2.24) is 25.1 Å². The van der Waals surface area contributed by atoms with E-state index in [-0.39, 0.29) is 16.6 Å². The van der Waals surface area contributed by atoms with Crippen LogP contribution in [0, 0.1) is 5.82 Å². The van der Waals surface area contributed by atoms with Crippen LogP contribution in [0.15, 0.2) is 58.1 Å². The van der Waals surface area contributed by atoms with E-state index < -0.39 is 5.82 Å². The summed E-state index contributed by atoms with van der Waals surface area (Å²) in [6.45, 7) is 1.88. The molecule has 0 bridgehead atoms. The summed E-state index contributed by atoms with van der Waals surface area (Å²) in [5, 5.41) is 16.4. The summed E-state index contributed by atoms with van der Waals surface area (Å²) in [5.74, 6) is 7.45. The first-order valence-corrected chi connectivity index (χ1v) is 9.54. The first kappa shape index (κ1) is 18.9. The van der Waals surface area contributed by atoms with E-state index >= 15 is 0 Å². The number of methoxy groups -OCH3 is 1. The van der Waals surface area contributed by atoms with Gasteiger partial charge in [0.1, 0.15) is 11.6 Å². The van der Waals surface area contributed by atoms with Gasteiger partial charge in [0, 0.05) is 5.56 Å². The second kappa shape index (κ2) is 7.92. The molecule has 29 heavy (non-hydrogen) atoms. The van der Waals surface area contributed by atoms with Gasteiger partial charge in [-0.25, -0.2) is 9.07 Å². The van der Waals surface area contributed by atoms with Crippen LogP contribution in [-0.2, 0) is 0 Å². The molecular weight excluding hydrogens is 395 g/mol. The van der Waals surface area contributed by atoms with Crippen molar-refractivity contribution in [2.45, 2.75) is 17.3 Å². The maximum absolute atomic E-state index is 14.0. The summed E-state index contributed by atoms with van der Waals surface area (Å²) < 4.78 is 26.2. The number of nitrogens with two attached hydrogens (primary N) is 1. The van der Waals surface area contributed by atoms with Crippen molar-refractivity contribution in [2.24, 2.45) is 0 Å². The minimum absolute atomic E-state index is 0.238. The molecule has 0 radical (unpaired) electrons. The van der Waals surface area contributed by atoms with Crippen molar-refractivity contribution < 1.29 is 13.5 Å². The van der Waals surface area contributed by atoms with Crippen molar-refractivity contribution in [3.05, 3.63) is 60.2 Å². The fourth-order valence-corrected chi connectivity index (χ4v) is 3.44. The fraction of sp³-hybridized carbons (Fsp3) is 0.158. The lowest BCUT2D eigenvalue weighted by molar-refractivity contribution is 0.415. The molecule has 8 nitrogen and oxygen atoms in total. The summed E-state index contributed by atoms with van der Waals surface area (Å²) in [5.41, 5.74) is 1.06. The number of benzene rings is 2. The van der Waals surface area contributed by atoms with Gasteiger partial charge in [0.2, 0.25) is 16.9 Å². The molecule has 2 N–H and O–H groups in total. The molecule has 0 aliphatic carbocycles. The Balaban J connectivity index is 1.52. The fourth-order valence-electron chi connectivity index (χ4n) is 2.64. The van der Waals surface area contributed by atoms with E-state index in [1.807, 2.05) is 31.2 Å². The van der Waals surface area contributed by atoms with Gasteiger partial charge in [-0.15, -0.1) is 20.4 Å². The zero-order valence-corrected chi connectivity index (χ0v) is 16.4. The molecule has 0 fully saturated rings. The molecule has 0 amide bonds. The second-order valence-corrected chi connectivity index (χ2v) is 7.40. The van der Waals surface area contributed by atoms with Gasteiger partial charge < -0.3 is 15.0 Å². The van der Waals surface area contributed by atoms with Gasteiger partial charge in [-0.1, -0.05) is 23.9 Å². The first-order valence-electron chi connectivity index (χ1n) is 8.66. The van der Waals surface area contributed by atoms with Crippen LogP contribution in [0.2, 0.25) is 0 Å². The minimum Gasteiger partial charge on any atom is -0.497 e. The third-order valence-electron chi connectivity index (χ3n) is 4.19. The minimum atomic E-state index is -0.419. The number of rotatable bonds is 6. The predicted octanol–water partition coefficient (Wildman–Crippen LogP) is 3.71. The first-order chi connectivity index (χ1) is 14.1. The Kier molecular flexibility index (Phi) is 5.17. The quantitative estimate of drug-likeness (QED) is 0.377. The lowest BCUT2D eigenvalue weighted by Gasteiger charge is -2.07. The van der Waals surface area contributed by atoms with E-state index in [0.717, 1.165) is 11.3 Å². The molecule has 4 rings (SSSR count). The summed E-state index contributed by atoms with van der Waals surface area (Å²) in [4.78, 5) is 0. The number of halogens is 1. The number of hydrogen-bond donors (Lipinski definition) is 1. The van der Waals surface area contributed by atoms with Gasteiger partial charge in [-0.05, 0) is 43.3 Å². The molecule has 2 heterocycles. The summed E-state index contributed by atoms with van der Waals surface area (Å²) in [6, 6.07) is 13.6. The van der Waals surface area contributed by atoms with Crippen LogP contribution in [0.3, 0.4) is 0 Å². The van der Waals surface area contributed by atoms with E-state index in [1.165, 1.54) is 22.5 Å². The lowest BCUT2D eigenvalue weighted by Crippen LogP contribution is -2.12. The van der Waals surface area contributed by atoms with Gasteiger partial charge in [0.15, 0.2) is 5.82 Å². The molecule has 0 saturated heterocycles. The average Bonchev–Trinajstić information content (AvgIpc) is 3.37. The molecule has 0 aliphatic heterocycles. The largest absolute Gasteiger partial charge is 0.497 e. The number of aromatic nitrogens is 5. The topological polar surface area (TPSA) is 105 Å². The summed E-state index contributed by atoms with van der Waals surface area (Å²) in [7, 11) is 1.60. The Morgan fingerprint density at radius 2 is 1.83 bits per heavy atom. The van der Waals surface area contributed by atoms with E-state index in [2.05, 4.69) is 20.4 Å². The molecule has 4 aromatic rings. The Labute approximate surface area is 169 Å². The van der Waals surface area contributed by atoms with Crippen molar-refractivity contribution in [2.75, 3.05) is 13.0 Å². The number of nitrogens with zero attached hydrogens (tertiary/aromatic N) is 5. The van der Waals surface area contributed by atoms with Crippen LogP contribution in [0.5, 0.6) is 5.75 Å². The SMILES string of the molecule is COc1ccc(-c2nnc([C@@H](C)Sc3nnc(-c4ccccc4F)n3N)o2)cc1. The smallest absolute Gasteiger partial charge is 0.247 e. The predicted molar refractivity (Wildman–Crippen MR) is 106 cm³/mol. The van der Waals surface area contributed by atoms with Gasteiger partial charge in [0.05, 0.1) is 17.9 Å². The lowest BCUT2D eigenvalue weighted by atomic mass is 10.2. The van der Waals surface area contributed by atoms with Crippen LogP contribution in [0.25, 0.3) is 22.8 Å². The monoisotopic (exact) mass is 412 g/mol. The molecular formula is C19H17FN6O2S. The number of nitrogen functional groups attached to an aromatic ring is 1. The van der Waals surface area contributed by atoms with Gasteiger partial charge >= 0.3 is 0 Å². The number of thioether (sulfide) groups is 1. The van der Waals surface area contributed by atoms with Crippen LogP contribution in [0.1, 0.15) is 18.1 Å². The Bertz CT molecular complexity index is 1130. The highest BCUT2D eigenvalue weighted by Crippen LogP contribution is 2.35. The maximum Gasteiger partial charge on any atom is 0.247 e. The van der Waals surface area contributed by atoms with Crippen molar-refractivity contribution in [1.29, 1.82) is 0 Å². The second-order valence-electron chi connectivity index (χ2n) is 6.09. The normalized spacial score (nSPS) is 12.1. The molecule has 10 heteroatoms. The zero-order chi connectivity index (χ0) is 20.4. The Morgan fingerprint density at radius 1 is 1.07 bits per heavy atom. The highest BCUT2D eigenvalue weighted by molar-refractivity contribution is 7.99. The van der Waals surface area contributed by atoms with Gasteiger partial charge in [-0.2, -0.15) is 0 Å². The molecule has 0 aliphatic rings. The highest BCUT2D eigenvalue weighted by atomic mass is 32.2. The van der Waals surface area contributed by atoms with E-state index in [0.29, 0.717) is 16.9 Å². The van der Waals surface area contributed by atoms with Crippen LogP contribution >= 0.6 is 11.8 Å². The number of hydrogen-bond acceptors (Lipinski definition) is 8. The highest BCUT2D eigenvalue weighted by Gasteiger charge is 2.21. The third kappa shape index (κ3) is 3.79. The molecule has 2 aromatic heterocycles. The standard InChI is InChI=1S/C19H17FN6O2S/c1-11(17-23-24-18(28-17)12-7-9-13(27-2)10-8-12)29-19-25-22-16(26(19)21)14-5-3-4-6-15(14)20/h3-11H,21H2,1-2H3/t11-/m1/s1. The zero-order valence-electron chi connectivity index (χ0n) is 15.6. The average molecular weight is 412 g/mol.